The van der Waals surface area contributed by atoms with Crippen LogP contribution >= 0.6 is 11.3 Å². The van der Waals surface area contributed by atoms with Crippen molar-refractivity contribution in [2.75, 3.05) is 5.32 Å². The fourth-order valence-electron chi connectivity index (χ4n) is 1.59. The Morgan fingerprint density at radius 2 is 2.21 bits per heavy atom. The van der Waals surface area contributed by atoms with Crippen molar-refractivity contribution in [2.24, 2.45) is 0 Å². The van der Waals surface area contributed by atoms with Crippen molar-refractivity contribution in [2.45, 2.75) is 19.9 Å². The Kier molecular flexibility index (Phi) is 2.07. The highest BCUT2D eigenvalue weighted by atomic mass is 32.1. The zero-order chi connectivity index (χ0) is 10.3. The summed E-state index contributed by atoms with van der Waals surface area (Å²) in [4.78, 5) is 13.3. The Labute approximate surface area is 87.0 Å². The molecule has 0 fully saturated rings. The maximum Gasteiger partial charge on any atom is 0.326 e. The van der Waals surface area contributed by atoms with Gasteiger partial charge in [0, 0.05) is 28.1 Å². The van der Waals surface area contributed by atoms with Gasteiger partial charge in [-0.3, -0.25) is 4.90 Å². The van der Waals surface area contributed by atoms with Crippen molar-refractivity contribution < 1.29 is 4.79 Å². The fraction of sp³-hybridized carbons (Fsp3) is 0.300. The van der Waals surface area contributed by atoms with Crippen molar-refractivity contribution in [3.8, 4) is 0 Å². The Bertz CT molecular complexity index is 395. The fourth-order valence-corrected chi connectivity index (χ4v) is 2.38. The lowest BCUT2D eigenvalue weighted by atomic mass is 10.1. The molecule has 2 heterocycles. The van der Waals surface area contributed by atoms with E-state index in [1.807, 2.05) is 24.6 Å². The number of carbonyl (C=O) groups excluding carboxylic acids is 1. The number of carbonyl (C=O) groups is 1. The van der Waals surface area contributed by atoms with E-state index in [0.717, 1.165) is 16.9 Å². The van der Waals surface area contributed by atoms with Crippen LogP contribution < -0.4 is 5.32 Å². The molecule has 0 bridgehead atoms. The maximum absolute atomic E-state index is 11.7. The quantitative estimate of drug-likeness (QED) is 0.756. The average molecular weight is 208 g/mol. The molecule has 0 unspecified atom stereocenters. The standard InChI is InChI=1S/C10H12N2OS/c1-6(2)12-7(3)8-4-14-5-9(8)11-10(12)13/h4-6H,3H2,1-2H3,(H,11,13). The number of amides is 2. The number of nitrogens with one attached hydrogen (secondary N) is 1. The lowest BCUT2D eigenvalue weighted by molar-refractivity contribution is 0.222. The molecule has 1 aliphatic rings. The predicted octanol–water partition coefficient (Wildman–Crippen LogP) is 2.97. The van der Waals surface area contributed by atoms with Gasteiger partial charge in [-0.1, -0.05) is 6.58 Å². The van der Waals surface area contributed by atoms with Gasteiger partial charge in [0.2, 0.25) is 0 Å². The normalized spacial score (nSPS) is 15.8. The van der Waals surface area contributed by atoms with E-state index in [9.17, 15) is 4.79 Å². The summed E-state index contributed by atoms with van der Waals surface area (Å²) >= 11 is 1.57. The highest BCUT2D eigenvalue weighted by molar-refractivity contribution is 7.08. The molecule has 0 saturated carbocycles. The zero-order valence-corrected chi connectivity index (χ0v) is 9.02. The van der Waals surface area contributed by atoms with Gasteiger partial charge in [0.15, 0.2) is 0 Å². The van der Waals surface area contributed by atoms with Gasteiger partial charge in [0.1, 0.15) is 0 Å². The van der Waals surface area contributed by atoms with Gasteiger partial charge in [-0.15, -0.1) is 11.3 Å². The Morgan fingerprint density at radius 3 is 2.86 bits per heavy atom. The van der Waals surface area contributed by atoms with Crippen molar-refractivity contribution in [1.29, 1.82) is 0 Å². The van der Waals surface area contributed by atoms with Crippen LogP contribution in [-0.4, -0.2) is 17.0 Å². The van der Waals surface area contributed by atoms with Crippen LogP contribution in [0.15, 0.2) is 17.3 Å². The molecule has 0 atom stereocenters. The van der Waals surface area contributed by atoms with Crippen molar-refractivity contribution >= 4 is 28.8 Å². The second-order valence-corrected chi connectivity index (χ2v) is 4.28. The SMILES string of the molecule is C=C1c2cscc2NC(=O)N1C(C)C. The number of urea groups is 1. The van der Waals surface area contributed by atoms with E-state index < -0.39 is 0 Å². The molecule has 1 aromatic heterocycles. The summed E-state index contributed by atoms with van der Waals surface area (Å²) in [5.74, 6) is 0. The molecule has 2 rings (SSSR count). The third-order valence-corrected chi connectivity index (χ3v) is 2.98. The third kappa shape index (κ3) is 1.23. The first kappa shape index (κ1) is 9.27. The monoisotopic (exact) mass is 208 g/mol. The molecule has 1 aromatic rings. The molecular formula is C10H12N2OS. The average Bonchev–Trinajstić information content (AvgIpc) is 2.50. The predicted molar refractivity (Wildman–Crippen MR) is 59.3 cm³/mol. The molecular weight excluding hydrogens is 196 g/mol. The molecule has 1 N–H and O–H groups in total. The zero-order valence-electron chi connectivity index (χ0n) is 8.20. The van der Waals surface area contributed by atoms with E-state index in [0.29, 0.717) is 0 Å². The van der Waals surface area contributed by atoms with Gasteiger partial charge in [-0.05, 0) is 13.8 Å². The lowest BCUT2D eigenvalue weighted by Crippen LogP contribution is -2.41. The minimum absolute atomic E-state index is 0.0871. The number of anilines is 1. The molecule has 0 aromatic carbocycles. The van der Waals surface area contributed by atoms with Gasteiger partial charge in [-0.2, -0.15) is 0 Å². The molecule has 1 aliphatic heterocycles. The van der Waals surface area contributed by atoms with E-state index in [-0.39, 0.29) is 12.1 Å². The summed E-state index contributed by atoms with van der Waals surface area (Å²) in [5, 5.41) is 6.77. The van der Waals surface area contributed by atoms with E-state index in [2.05, 4.69) is 11.9 Å². The van der Waals surface area contributed by atoms with Gasteiger partial charge in [-0.25, -0.2) is 4.79 Å². The summed E-state index contributed by atoms with van der Waals surface area (Å²) in [6, 6.07) is 0.0476. The number of thiophene rings is 1. The number of hydrogen-bond acceptors (Lipinski definition) is 2. The van der Waals surface area contributed by atoms with E-state index in [4.69, 9.17) is 0 Å². The largest absolute Gasteiger partial charge is 0.326 e. The summed E-state index contributed by atoms with van der Waals surface area (Å²) in [6.07, 6.45) is 0. The van der Waals surface area contributed by atoms with Crippen LogP contribution in [0.4, 0.5) is 10.5 Å². The molecule has 4 heteroatoms. The van der Waals surface area contributed by atoms with Crippen LogP contribution in [-0.2, 0) is 0 Å². The topological polar surface area (TPSA) is 32.3 Å². The molecule has 0 radical (unpaired) electrons. The number of hydrogen-bond donors (Lipinski definition) is 1. The molecule has 14 heavy (non-hydrogen) atoms. The Hall–Kier alpha value is -1.29. The van der Waals surface area contributed by atoms with Gasteiger partial charge < -0.3 is 5.32 Å². The first-order valence-corrected chi connectivity index (χ1v) is 5.41. The van der Waals surface area contributed by atoms with Crippen LogP contribution in [0.1, 0.15) is 19.4 Å². The minimum Gasteiger partial charge on any atom is -0.306 e. The van der Waals surface area contributed by atoms with Gasteiger partial charge in [0.05, 0.1) is 5.69 Å². The summed E-state index contributed by atoms with van der Waals surface area (Å²) < 4.78 is 0. The van der Waals surface area contributed by atoms with Crippen molar-refractivity contribution in [3.63, 3.8) is 0 Å². The Balaban J connectivity index is 2.44. The van der Waals surface area contributed by atoms with Crippen LogP contribution in [0.25, 0.3) is 5.70 Å². The van der Waals surface area contributed by atoms with E-state index >= 15 is 0 Å². The van der Waals surface area contributed by atoms with Gasteiger partial charge in [0.25, 0.3) is 0 Å². The smallest absolute Gasteiger partial charge is 0.306 e. The molecule has 0 saturated heterocycles. The Morgan fingerprint density at radius 1 is 1.50 bits per heavy atom. The number of fused-ring (bicyclic) bond motifs is 1. The number of nitrogens with zero attached hydrogens (tertiary/aromatic N) is 1. The van der Waals surface area contributed by atoms with Crippen molar-refractivity contribution in [1.82, 2.24) is 4.90 Å². The molecule has 0 aliphatic carbocycles. The highest BCUT2D eigenvalue weighted by Gasteiger charge is 2.28. The first-order valence-electron chi connectivity index (χ1n) is 4.47. The minimum atomic E-state index is -0.0871. The van der Waals surface area contributed by atoms with Gasteiger partial charge >= 0.3 is 6.03 Å². The third-order valence-electron chi connectivity index (χ3n) is 2.24. The highest BCUT2D eigenvalue weighted by Crippen LogP contribution is 2.34. The molecule has 2 amide bonds. The number of rotatable bonds is 1. The molecule has 0 spiro atoms. The second-order valence-electron chi connectivity index (χ2n) is 3.54. The van der Waals surface area contributed by atoms with E-state index in [1.54, 1.807) is 16.2 Å². The summed E-state index contributed by atoms with van der Waals surface area (Å²) in [5.41, 5.74) is 2.70. The van der Waals surface area contributed by atoms with Crippen LogP contribution in [0.5, 0.6) is 0 Å². The van der Waals surface area contributed by atoms with Crippen molar-refractivity contribution in [3.05, 3.63) is 22.9 Å². The lowest BCUT2D eigenvalue weighted by Gasteiger charge is -2.32. The molecule has 3 nitrogen and oxygen atoms in total. The molecule has 74 valence electrons. The summed E-state index contributed by atoms with van der Waals surface area (Å²) in [7, 11) is 0. The van der Waals surface area contributed by atoms with E-state index in [1.165, 1.54) is 0 Å². The van der Waals surface area contributed by atoms with Crippen LogP contribution in [0, 0.1) is 0 Å². The summed E-state index contributed by atoms with van der Waals surface area (Å²) in [6.45, 7) is 7.90. The first-order chi connectivity index (χ1) is 6.61. The van der Waals surface area contributed by atoms with Crippen LogP contribution in [0.2, 0.25) is 0 Å². The van der Waals surface area contributed by atoms with Crippen LogP contribution in [0.3, 0.4) is 0 Å². The maximum atomic E-state index is 11.7. The second kappa shape index (κ2) is 3.13.